The summed E-state index contributed by atoms with van der Waals surface area (Å²) >= 11 is 0. The molecular weight excluding hydrogens is 434 g/mol. The fraction of sp³-hybridized carbons (Fsp3) is 0.226. The summed E-state index contributed by atoms with van der Waals surface area (Å²) in [6.07, 6.45) is 1.36. The van der Waals surface area contributed by atoms with Crippen molar-refractivity contribution in [1.82, 2.24) is 0 Å². The third-order valence-electron chi connectivity index (χ3n) is 7.08. The maximum atomic E-state index is 2.52. The molecule has 5 rings (SSSR count). The van der Waals surface area contributed by atoms with Gasteiger partial charge in [-0.05, 0) is 66.6 Å². The summed E-state index contributed by atoms with van der Waals surface area (Å²) in [4.78, 5) is 0. The van der Waals surface area contributed by atoms with Crippen molar-refractivity contribution in [2.24, 2.45) is 11.8 Å². The maximum Gasteiger partial charge on any atom is -0.0126 e. The second kappa shape index (κ2) is 10.3. The second-order valence-electron chi connectivity index (χ2n) is 9.13. The first kappa shape index (κ1) is 22.5. The first-order valence-corrected chi connectivity index (χ1v) is 14.8. The molecule has 1 saturated carbocycles. The van der Waals surface area contributed by atoms with Crippen LogP contribution in [0.1, 0.15) is 20.3 Å². The van der Waals surface area contributed by atoms with Crippen molar-refractivity contribution in [2.45, 2.75) is 31.6 Å². The van der Waals surface area contributed by atoms with Gasteiger partial charge in [0.2, 0.25) is 0 Å². The minimum atomic E-state index is -0.361. The van der Waals surface area contributed by atoms with Crippen LogP contribution in [0.15, 0.2) is 121 Å². The van der Waals surface area contributed by atoms with Gasteiger partial charge in [0.25, 0.3) is 0 Å². The molecule has 0 aliphatic heterocycles. The molecule has 0 heterocycles. The first-order valence-electron chi connectivity index (χ1n) is 12.0. The molecule has 4 aromatic rings. The Morgan fingerprint density at radius 3 is 0.939 bits per heavy atom. The summed E-state index contributed by atoms with van der Waals surface area (Å²) in [5.41, 5.74) is 1.36. The van der Waals surface area contributed by atoms with Gasteiger partial charge in [0, 0.05) is 0 Å². The van der Waals surface area contributed by atoms with Crippen molar-refractivity contribution >= 4 is 37.1 Å². The van der Waals surface area contributed by atoms with Gasteiger partial charge in [0.1, 0.15) is 0 Å². The predicted octanol–water partition coefficient (Wildman–Crippen LogP) is 6.67. The lowest BCUT2D eigenvalue weighted by molar-refractivity contribution is 0.679. The van der Waals surface area contributed by atoms with Crippen molar-refractivity contribution < 1.29 is 0 Å². The van der Waals surface area contributed by atoms with Gasteiger partial charge in [-0.1, -0.05) is 135 Å². The van der Waals surface area contributed by atoms with Crippen molar-refractivity contribution in [1.29, 1.82) is 0 Å². The van der Waals surface area contributed by atoms with Crippen LogP contribution >= 0.6 is 15.8 Å². The number of benzene rings is 4. The Morgan fingerprint density at radius 1 is 0.455 bits per heavy atom. The highest BCUT2D eigenvalue weighted by Gasteiger charge is 2.49. The van der Waals surface area contributed by atoms with Crippen LogP contribution in [0.5, 0.6) is 0 Å². The zero-order chi connectivity index (χ0) is 22.6. The Kier molecular flexibility index (Phi) is 7.06. The van der Waals surface area contributed by atoms with Crippen molar-refractivity contribution in [2.75, 3.05) is 0 Å². The average molecular weight is 467 g/mol. The van der Waals surface area contributed by atoms with E-state index in [-0.39, 0.29) is 15.8 Å². The smallest absolute Gasteiger partial charge is 0.0126 e. The molecule has 1 fully saturated rings. The molecule has 1 aliphatic rings. The van der Waals surface area contributed by atoms with E-state index in [4.69, 9.17) is 0 Å². The van der Waals surface area contributed by atoms with Gasteiger partial charge in [0.15, 0.2) is 0 Å². The van der Waals surface area contributed by atoms with E-state index in [0.717, 1.165) is 11.8 Å². The van der Waals surface area contributed by atoms with E-state index in [1.54, 1.807) is 0 Å². The molecule has 0 unspecified atom stereocenters. The van der Waals surface area contributed by atoms with E-state index in [9.17, 15) is 0 Å². The predicted molar refractivity (Wildman–Crippen MR) is 149 cm³/mol. The first-order chi connectivity index (χ1) is 16.2. The van der Waals surface area contributed by atoms with Crippen LogP contribution in [0.3, 0.4) is 0 Å². The monoisotopic (exact) mass is 466 g/mol. The highest BCUT2D eigenvalue weighted by atomic mass is 31.1. The molecular formula is C31H32P2. The molecule has 33 heavy (non-hydrogen) atoms. The van der Waals surface area contributed by atoms with E-state index in [1.807, 2.05) is 0 Å². The van der Waals surface area contributed by atoms with Gasteiger partial charge in [-0.25, -0.2) is 0 Å². The molecule has 0 bridgehead atoms. The quantitative estimate of drug-likeness (QED) is 0.255. The van der Waals surface area contributed by atoms with Crippen LogP contribution in [-0.2, 0) is 0 Å². The molecule has 0 radical (unpaired) electrons. The third-order valence-corrected chi connectivity index (χ3v) is 12.9. The van der Waals surface area contributed by atoms with Crippen molar-refractivity contribution in [3.05, 3.63) is 121 Å². The number of hydrogen-bond donors (Lipinski definition) is 0. The van der Waals surface area contributed by atoms with Crippen LogP contribution in [-0.4, -0.2) is 11.3 Å². The number of hydrogen-bond acceptors (Lipinski definition) is 0. The van der Waals surface area contributed by atoms with Gasteiger partial charge >= 0.3 is 0 Å². The fourth-order valence-corrected chi connectivity index (χ4v) is 11.2. The molecule has 0 amide bonds. The van der Waals surface area contributed by atoms with E-state index < -0.39 is 0 Å². The Labute approximate surface area is 201 Å². The standard InChI is InChI=1S/C31H32P2/c1-24(32(26-15-7-3-8-16-26)27-17-9-4-10-18-27)30-23-31(30)25(2)33(28-19-11-5-12-20-28)29-21-13-6-14-22-29/h3-22,24-25,30-31H,23H2,1-2H3/t24-,25-,30-,31-/m1/s1. The van der Waals surface area contributed by atoms with Crippen molar-refractivity contribution in [3.63, 3.8) is 0 Å². The van der Waals surface area contributed by atoms with Crippen LogP contribution < -0.4 is 21.2 Å². The molecule has 0 N–H and O–H groups in total. The summed E-state index contributed by atoms with van der Waals surface area (Å²) in [5, 5.41) is 6.05. The van der Waals surface area contributed by atoms with Crippen LogP contribution in [0.2, 0.25) is 0 Å². The van der Waals surface area contributed by atoms with Gasteiger partial charge in [-0.2, -0.15) is 0 Å². The summed E-state index contributed by atoms with van der Waals surface area (Å²) in [6, 6.07) is 45.0. The molecule has 0 aromatic heterocycles. The average Bonchev–Trinajstić information content (AvgIpc) is 3.68. The minimum absolute atomic E-state index is 0.361. The minimum Gasteiger partial charge on any atom is -0.0622 e. The molecule has 4 atom stereocenters. The molecule has 4 aromatic carbocycles. The zero-order valence-electron chi connectivity index (χ0n) is 19.5. The van der Waals surface area contributed by atoms with Crippen LogP contribution in [0.4, 0.5) is 0 Å². The van der Waals surface area contributed by atoms with Gasteiger partial charge in [-0.3, -0.25) is 0 Å². The van der Waals surface area contributed by atoms with Crippen LogP contribution in [0.25, 0.3) is 0 Å². The van der Waals surface area contributed by atoms with E-state index in [1.165, 1.54) is 27.6 Å². The maximum absolute atomic E-state index is 2.52. The molecule has 0 saturated heterocycles. The Morgan fingerprint density at radius 2 is 0.697 bits per heavy atom. The lowest BCUT2D eigenvalue weighted by Crippen LogP contribution is -2.25. The highest BCUT2D eigenvalue weighted by Crippen LogP contribution is 2.60. The summed E-state index contributed by atoms with van der Waals surface area (Å²) in [5.74, 6) is 1.59. The van der Waals surface area contributed by atoms with Gasteiger partial charge in [0.05, 0.1) is 0 Å². The molecule has 2 heteroatoms. The lowest BCUT2D eigenvalue weighted by atomic mass is 10.2. The topological polar surface area (TPSA) is 0 Å². The molecule has 1 aliphatic carbocycles. The zero-order valence-corrected chi connectivity index (χ0v) is 21.2. The molecule has 0 spiro atoms. The second-order valence-corrected chi connectivity index (χ2v) is 14.3. The summed E-state index contributed by atoms with van der Waals surface area (Å²) < 4.78 is 0. The lowest BCUT2D eigenvalue weighted by Gasteiger charge is -2.29. The van der Waals surface area contributed by atoms with Crippen LogP contribution in [0, 0.1) is 11.8 Å². The molecule has 166 valence electrons. The normalized spacial score (nSPS) is 19.4. The Bertz CT molecular complexity index is 957. The summed E-state index contributed by atoms with van der Waals surface area (Å²) in [6.45, 7) is 5.05. The third kappa shape index (κ3) is 4.99. The van der Waals surface area contributed by atoms with E-state index in [2.05, 4.69) is 135 Å². The van der Waals surface area contributed by atoms with Crippen molar-refractivity contribution in [3.8, 4) is 0 Å². The fourth-order valence-electron chi connectivity index (χ4n) is 5.32. The number of rotatable bonds is 8. The largest absolute Gasteiger partial charge is 0.0622 e. The van der Waals surface area contributed by atoms with E-state index >= 15 is 0 Å². The Hall–Kier alpha value is -2.26. The van der Waals surface area contributed by atoms with Gasteiger partial charge < -0.3 is 0 Å². The van der Waals surface area contributed by atoms with Gasteiger partial charge in [-0.15, -0.1) is 0 Å². The Balaban J connectivity index is 1.42. The summed E-state index contributed by atoms with van der Waals surface area (Å²) in [7, 11) is -0.722. The SMILES string of the molecule is C[C@H]([C@H]1C[C@@H]1[C@@H](C)P(c1ccccc1)c1ccccc1)P(c1ccccc1)c1ccccc1. The highest BCUT2D eigenvalue weighted by molar-refractivity contribution is 7.74. The molecule has 0 nitrogen and oxygen atoms in total. The van der Waals surface area contributed by atoms with E-state index in [0.29, 0.717) is 11.3 Å².